The maximum atomic E-state index is 12.2. The Balaban J connectivity index is 1.64. The van der Waals surface area contributed by atoms with Crippen molar-refractivity contribution in [2.75, 3.05) is 16.9 Å². The van der Waals surface area contributed by atoms with Gasteiger partial charge in [0.25, 0.3) is 0 Å². The SMILES string of the molecule is Cc1ccc(NC(=O)CSc2nnc(-c3ccncc3)n2N)c(C)c1. The summed E-state index contributed by atoms with van der Waals surface area (Å²) in [5.41, 5.74) is 3.81. The van der Waals surface area contributed by atoms with Crippen molar-refractivity contribution in [3.8, 4) is 11.4 Å². The molecule has 3 N–H and O–H groups in total. The van der Waals surface area contributed by atoms with Crippen LogP contribution < -0.4 is 11.2 Å². The van der Waals surface area contributed by atoms with E-state index in [1.807, 2.05) is 32.0 Å². The molecule has 1 aromatic carbocycles. The third-order valence-electron chi connectivity index (χ3n) is 3.59. The van der Waals surface area contributed by atoms with E-state index in [-0.39, 0.29) is 11.7 Å². The molecule has 0 radical (unpaired) electrons. The van der Waals surface area contributed by atoms with E-state index in [4.69, 9.17) is 5.84 Å². The van der Waals surface area contributed by atoms with E-state index in [2.05, 4.69) is 20.5 Å². The third-order valence-corrected chi connectivity index (χ3v) is 4.53. The molecular weight excluding hydrogens is 336 g/mol. The largest absolute Gasteiger partial charge is 0.335 e. The van der Waals surface area contributed by atoms with Crippen molar-refractivity contribution in [3.05, 3.63) is 53.9 Å². The van der Waals surface area contributed by atoms with Crippen molar-refractivity contribution in [2.45, 2.75) is 19.0 Å². The Morgan fingerprint density at radius 3 is 2.68 bits per heavy atom. The molecule has 3 rings (SSSR count). The minimum atomic E-state index is -0.120. The number of benzene rings is 1. The Kier molecular flexibility index (Phi) is 4.99. The molecule has 2 heterocycles. The number of pyridine rings is 1. The lowest BCUT2D eigenvalue weighted by atomic mass is 10.1. The molecule has 0 aliphatic carbocycles. The number of amides is 1. The normalized spacial score (nSPS) is 10.6. The molecule has 0 aliphatic rings. The minimum Gasteiger partial charge on any atom is -0.335 e. The van der Waals surface area contributed by atoms with Crippen LogP contribution in [0.3, 0.4) is 0 Å². The van der Waals surface area contributed by atoms with Crippen LogP contribution in [0.2, 0.25) is 0 Å². The summed E-state index contributed by atoms with van der Waals surface area (Å²) in [6.07, 6.45) is 3.32. The number of thioether (sulfide) groups is 1. The molecule has 0 unspecified atom stereocenters. The maximum absolute atomic E-state index is 12.2. The molecule has 25 heavy (non-hydrogen) atoms. The number of rotatable bonds is 5. The van der Waals surface area contributed by atoms with Crippen LogP contribution in [-0.4, -0.2) is 31.5 Å². The van der Waals surface area contributed by atoms with Gasteiger partial charge in [-0.2, -0.15) is 0 Å². The van der Waals surface area contributed by atoms with Crippen LogP contribution in [0, 0.1) is 13.8 Å². The van der Waals surface area contributed by atoms with E-state index in [0.717, 1.165) is 22.4 Å². The molecule has 0 aliphatic heterocycles. The Morgan fingerprint density at radius 2 is 1.96 bits per heavy atom. The highest BCUT2D eigenvalue weighted by Crippen LogP contribution is 2.22. The van der Waals surface area contributed by atoms with E-state index < -0.39 is 0 Å². The van der Waals surface area contributed by atoms with Crippen LogP contribution >= 0.6 is 11.8 Å². The highest BCUT2D eigenvalue weighted by molar-refractivity contribution is 7.99. The average Bonchev–Trinajstić information content (AvgIpc) is 2.97. The second-order valence-electron chi connectivity index (χ2n) is 5.57. The van der Waals surface area contributed by atoms with Gasteiger partial charge in [0.1, 0.15) is 0 Å². The first-order chi connectivity index (χ1) is 12.0. The van der Waals surface area contributed by atoms with Crippen LogP contribution in [0.1, 0.15) is 11.1 Å². The molecular formula is C17H18N6OS. The van der Waals surface area contributed by atoms with E-state index in [9.17, 15) is 4.79 Å². The van der Waals surface area contributed by atoms with Crippen LogP contribution in [0.4, 0.5) is 5.69 Å². The Bertz CT molecular complexity index is 893. The molecule has 0 saturated heterocycles. The smallest absolute Gasteiger partial charge is 0.234 e. The number of hydrogen-bond acceptors (Lipinski definition) is 6. The Morgan fingerprint density at radius 1 is 1.20 bits per heavy atom. The number of aromatic nitrogens is 4. The molecule has 1 amide bonds. The first kappa shape index (κ1) is 17.0. The number of carbonyl (C=O) groups excluding carboxylic acids is 1. The molecule has 0 fully saturated rings. The maximum Gasteiger partial charge on any atom is 0.234 e. The first-order valence-corrected chi connectivity index (χ1v) is 8.64. The number of hydrogen-bond donors (Lipinski definition) is 2. The summed E-state index contributed by atoms with van der Waals surface area (Å²) in [7, 11) is 0. The third kappa shape index (κ3) is 3.97. The summed E-state index contributed by atoms with van der Waals surface area (Å²) < 4.78 is 1.38. The van der Waals surface area contributed by atoms with Crippen molar-refractivity contribution in [1.29, 1.82) is 0 Å². The van der Waals surface area contributed by atoms with E-state index in [1.165, 1.54) is 16.4 Å². The fourth-order valence-electron chi connectivity index (χ4n) is 2.34. The number of nitrogen functional groups attached to an aromatic ring is 1. The summed E-state index contributed by atoms with van der Waals surface area (Å²) >= 11 is 1.24. The number of aryl methyl sites for hydroxylation is 2. The van der Waals surface area contributed by atoms with Crippen LogP contribution in [0.15, 0.2) is 47.9 Å². The van der Waals surface area contributed by atoms with Crippen molar-refractivity contribution in [2.24, 2.45) is 0 Å². The zero-order chi connectivity index (χ0) is 17.8. The monoisotopic (exact) mass is 354 g/mol. The van der Waals surface area contributed by atoms with Gasteiger partial charge in [0.05, 0.1) is 5.75 Å². The predicted octanol–water partition coefficient (Wildman–Crippen LogP) is 2.40. The van der Waals surface area contributed by atoms with Crippen molar-refractivity contribution in [1.82, 2.24) is 19.9 Å². The van der Waals surface area contributed by atoms with E-state index in [1.54, 1.807) is 24.5 Å². The molecule has 8 heteroatoms. The summed E-state index contributed by atoms with van der Waals surface area (Å²) in [6.45, 7) is 3.98. The number of carbonyl (C=O) groups is 1. The number of nitrogens with one attached hydrogen (secondary N) is 1. The molecule has 2 aromatic heterocycles. The lowest BCUT2D eigenvalue weighted by Crippen LogP contribution is -2.17. The Hall–Kier alpha value is -2.87. The fourth-order valence-corrected chi connectivity index (χ4v) is 3.00. The van der Waals surface area contributed by atoms with E-state index >= 15 is 0 Å². The van der Waals surface area contributed by atoms with Crippen LogP contribution in [0.25, 0.3) is 11.4 Å². The molecule has 0 saturated carbocycles. The highest BCUT2D eigenvalue weighted by Gasteiger charge is 2.14. The van der Waals surface area contributed by atoms with Gasteiger partial charge in [0, 0.05) is 23.6 Å². The quantitative estimate of drug-likeness (QED) is 0.539. The van der Waals surface area contributed by atoms with Gasteiger partial charge in [-0.15, -0.1) is 10.2 Å². The van der Waals surface area contributed by atoms with Gasteiger partial charge in [-0.3, -0.25) is 9.78 Å². The summed E-state index contributed by atoms with van der Waals surface area (Å²) in [6, 6.07) is 9.50. The highest BCUT2D eigenvalue weighted by atomic mass is 32.2. The summed E-state index contributed by atoms with van der Waals surface area (Å²) in [4.78, 5) is 16.1. The second kappa shape index (κ2) is 7.35. The van der Waals surface area contributed by atoms with Crippen molar-refractivity contribution in [3.63, 3.8) is 0 Å². The first-order valence-electron chi connectivity index (χ1n) is 7.65. The summed E-state index contributed by atoms with van der Waals surface area (Å²) in [5, 5.41) is 11.5. The molecule has 128 valence electrons. The second-order valence-corrected chi connectivity index (χ2v) is 6.51. The Labute approximate surface area is 149 Å². The van der Waals surface area contributed by atoms with Crippen molar-refractivity contribution >= 4 is 23.4 Å². The van der Waals surface area contributed by atoms with Gasteiger partial charge in [-0.1, -0.05) is 29.5 Å². The van der Waals surface area contributed by atoms with Gasteiger partial charge < -0.3 is 11.2 Å². The lowest BCUT2D eigenvalue weighted by Gasteiger charge is -2.09. The minimum absolute atomic E-state index is 0.120. The van der Waals surface area contributed by atoms with Crippen molar-refractivity contribution < 1.29 is 4.79 Å². The average molecular weight is 354 g/mol. The molecule has 0 atom stereocenters. The molecule has 0 spiro atoms. The molecule has 3 aromatic rings. The summed E-state index contributed by atoms with van der Waals surface area (Å²) in [5.74, 6) is 6.63. The predicted molar refractivity (Wildman–Crippen MR) is 98.7 cm³/mol. The van der Waals surface area contributed by atoms with Gasteiger partial charge in [0.2, 0.25) is 11.1 Å². The number of anilines is 1. The van der Waals surface area contributed by atoms with E-state index in [0.29, 0.717) is 11.0 Å². The van der Waals surface area contributed by atoms with Gasteiger partial charge in [0.15, 0.2) is 5.82 Å². The van der Waals surface area contributed by atoms with Gasteiger partial charge in [-0.05, 0) is 37.6 Å². The lowest BCUT2D eigenvalue weighted by molar-refractivity contribution is -0.113. The van der Waals surface area contributed by atoms with Gasteiger partial charge >= 0.3 is 0 Å². The zero-order valence-electron chi connectivity index (χ0n) is 13.9. The van der Waals surface area contributed by atoms with Gasteiger partial charge in [-0.25, -0.2) is 4.68 Å². The fraction of sp³-hybridized carbons (Fsp3) is 0.176. The molecule has 7 nitrogen and oxygen atoms in total. The molecule has 0 bridgehead atoms. The topological polar surface area (TPSA) is 98.7 Å². The van der Waals surface area contributed by atoms with Crippen LogP contribution in [0.5, 0.6) is 0 Å². The zero-order valence-corrected chi connectivity index (χ0v) is 14.7. The standard InChI is InChI=1S/C17H18N6OS/c1-11-3-4-14(12(2)9-11)20-15(24)10-25-17-22-21-16(23(17)18)13-5-7-19-8-6-13/h3-9H,10,18H2,1-2H3,(H,20,24). The number of nitrogens with two attached hydrogens (primary N) is 1. The number of nitrogens with zero attached hydrogens (tertiary/aromatic N) is 4. The van der Waals surface area contributed by atoms with Crippen LogP contribution in [-0.2, 0) is 4.79 Å².